The van der Waals surface area contributed by atoms with Gasteiger partial charge in [-0.1, -0.05) is 59.7 Å². The predicted octanol–water partition coefficient (Wildman–Crippen LogP) is 5.75. The van der Waals surface area contributed by atoms with Gasteiger partial charge >= 0.3 is 0 Å². The number of nitrogens with one attached hydrogen (secondary N) is 1. The van der Waals surface area contributed by atoms with E-state index in [-0.39, 0.29) is 18.9 Å². The number of carbonyl (C=O) groups is 1. The largest absolute Gasteiger partial charge is 0.339 e. The Hall–Kier alpha value is -3.51. The van der Waals surface area contributed by atoms with Crippen molar-refractivity contribution in [3.05, 3.63) is 79.9 Å². The third-order valence-corrected chi connectivity index (χ3v) is 6.67. The van der Waals surface area contributed by atoms with Crippen LogP contribution in [-0.4, -0.2) is 40.3 Å². The van der Waals surface area contributed by atoms with Crippen LogP contribution in [0.2, 0.25) is 10.0 Å². The molecule has 0 atom stereocenters. The summed E-state index contributed by atoms with van der Waals surface area (Å²) in [5.41, 5.74) is 7.59. The molecule has 0 spiro atoms. The quantitative estimate of drug-likeness (QED) is 0.178. The molecule has 1 aromatic heterocycles. The van der Waals surface area contributed by atoms with E-state index >= 15 is 0 Å². The molecule has 3 aromatic rings. The van der Waals surface area contributed by atoms with Crippen molar-refractivity contribution in [2.75, 3.05) is 19.7 Å². The zero-order valence-electron chi connectivity index (χ0n) is 20.3. The van der Waals surface area contributed by atoms with Crippen LogP contribution in [0.25, 0.3) is 22.4 Å². The molecule has 8 nitrogen and oxygen atoms in total. The van der Waals surface area contributed by atoms with Gasteiger partial charge in [0.25, 0.3) is 11.0 Å². The van der Waals surface area contributed by atoms with Crippen LogP contribution >= 0.6 is 23.2 Å². The number of hydrogen-bond acceptors (Lipinski definition) is 5. The van der Waals surface area contributed by atoms with E-state index in [9.17, 15) is 14.9 Å². The Morgan fingerprint density at radius 1 is 1.08 bits per heavy atom. The summed E-state index contributed by atoms with van der Waals surface area (Å²) in [6.07, 6.45) is 3.53. The fourth-order valence-electron chi connectivity index (χ4n) is 4.34. The lowest BCUT2D eigenvalue weighted by Crippen LogP contribution is -2.45. The number of hydrazine groups is 1. The van der Waals surface area contributed by atoms with Crippen LogP contribution in [0.1, 0.15) is 41.7 Å². The maximum absolute atomic E-state index is 13.3. The van der Waals surface area contributed by atoms with Gasteiger partial charge in [-0.05, 0) is 48.7 Å². The van der Waals surface area contributed by atoms with Gasteiger partial charge in [0.2, 0.25) is 0 Å². The third kappa shape index (κ3) is 6.63. The fraction of sp³-hybridized carbons (Fsp3) is 0.296. The minimum absolute atomic E-state index is 0.0745. The topological polar surface area (TPSA) is 89.6 Å². The maximum atomic E-state index is 13.3. The first-order valence-electron chi connectivity index (χ1n) is 11.9. The molecule has 1 fully saturated rings. The maximum Gasteiger partial charge on any atom is 0.294 e. The highest BCUT2D eigenvalue weighted by Crippen LogP contribution is 2.39. The Labute approximate surface area is 225 Å². The lowest BCUT2D eigenvalue weighted by Gasteiger charge is -2.26. The molecule has 2 aromatic carbocycles. The highest BCUT2D eigenvalue weighted by atomic mass is 35.5. The summed E-state index contributed by atoms with van der Waals surface area (Å²) in [5, 5.41) is 12.4. The van der Waals surface area contributed by atoms with Gasteiger partial charge in [0, 0.05) is 53.3 Å². The van der Waals surface area contributed by atoms with Crippen molar-refractivity contribution >= 4 is 29.1 Å². The molecule has 1 saturated heterocycles. The minimum Gasteiger partial charge on any atom is -0.339 e. The average Bonchev–Trinajstić information content (AvgIpc) is 3.21. The van der Waals surface area contributed by atoms with Crippen LogP contribution in [0, 0.1) is 22.0 Å². The van der Waals surface area contributed by atoms with Gasteiger partial charge in [-0.2, -0.15) is 0 Å². The van der Waals surface area contributed by atoms with Crippen LogP contribution in [0.3, 0.4) is 0 Å². The minimum atomic E-state index is -0.831. The molecule has 37 heavy (non-hydrogen) atoms. The summed E-state index contributed by atoms with van der Waals surface area (Å²) in [6, 6.07) is 14.7. The third-order valence-electron chi connectivity index (χ3n) is 6.12. The van der Waals surface area contributed by atoms with Crippen molar-refractivity contribution in [3.63, 3.8) is 0 Å². The number of benzene rings is 2. The number of hydrogen-bond donors (Lipinski definition) is 1. The van der Waals surface area contributed by atoms with Crippen LogP contribution in [-0.2, 0) is 11.9 Å². The number of halogens is 2. The van der Waals surface area contributed by atoms with E-state index in [1.54, 1.807) is 12.1 Å². The molecule has 1 aliphatic rings. The zero-order chi connectivity index (χ0) is 26.4. The standard InChI is InChI=1S/C27H26Cl2N4O4/c1-31-25(27(34)30-32-14-4-2-5-15-32)18-23(22-13-12-21(28)17-24(22)29)26(31)20-10-8-19(9-11-20)7-3-6-16-37-33(35)36/h8-13,17-18H,2,4-6,14-16H2,1H3,(H,30,34). The Balaban J connectivity index is 1.67. The average molecular weight is 541 g/mol. The van der Waals surface area contributed by atoms with Crippen LogP contribution in [0.4, 0.5) is 0 Å². The molecule has 1 N–H and O–H groups in total. The number of nitrogens with zero attached hydrogens (tertiary/aromatic N) is 3. The lowest BCUT2D eigenvalue weighted by atomic mass is 10.0. The molecule has 0 saturated carbocycles. The highest BCUT2D eigenvalue weighted by molar-refractivity contribution is 6.36. The molecule has 4 rings (SSSR count). The van der Waals surface area contributed by atoms with Crippen molar-refractivity contribution < 1.29 is 14.7 Å². The van der Waals surface area contributed by atoms with E-state index in [2.05, 4.69) is 22.1 Å². The van der Waals surface area contributed by atoms with E-state index in [4.69, 9.17) is 23.2 Å². The molecular weight excluding hydrogens is 515 g/mol. The summed E-state index contributed by atoms with van der Waals surface area (Å²) in [4.78, 5) is 27.8. The number of amides is 1. The molecule has 0 unspecified atom stereocenters. The van der Waals surface area contributed by atoms with Crippen molar-refractivity contribution in [1.29, 1.82) is 0 Å². The van der Waals surface area contributed by atoms with Crippen molar-refractivity contribution in [2.45, 2.75) is 25.7 Å². The fourth-order valence-corrected chi connectivity index (χ4v) is 4.85. The second-order valence-corrected chi connectivity index (χ2v) is 9.49. The molecule has 192 valence electrons. The van der Waals surface area contributed by atoms with Gasteiger partial charge in [-0.15, -0.1) is 10.1 Å². The van der Waals surface area contributed by atoms with E-state index in [0.29, 0.717) is 15.7 Å². The van der Waals surface area contributed by atoms with E-state index in [1.807, 2.05) is 53.0 Å². The van der Waals surface area contributed by atoms with Gasteiger partial charge < -0.3 is 9.40 Å². The molecule has 1 amide bonds. The summed E-state index contributed by atoms with van der Waals surface area (Å²) in [5.74, 6) is 5.66. The van der Waals surface area contributed by atoms with Crippen LogP contribution in [0.15, 0.2) is 48.5 Å². The molecule has 1 aliphatic heterocycles. The second-order valence-electron chi connectivity index (χ2n) is 8.65. The van der Waals surface area contributed by atoms with Gasteiger partial charge in [0.15, 0.2) is 0 Å². The van der Waals surface area contributed by atoms with Crippen molar-refractivity contribution in [1.82, 2.24) is 15.0 Å². The first kappa shape index (κ1) is 26.6. The normalized spacial score (nSPS) is 13.5. The molecule has 10 heteroatoms. The van der Waals surface area contributed by atoms with Gasteiger partial charge in [0.1, 0.15) is 12.3 Å². The van der Waals surface area contributed by atoms with E-state index in [1.165, 1.54) is 6.42 Å². The van der Waals surface area contributed by atoms with E-state index < -0.39 is 5.09 Å². The number of carbonyl (C=O) groups excluding carboxylic acids is 1. The van der Waals surface area contributed by atoms with E-state index in [0.717, 1.165) is 53.9 Å². The Bertz CT molecular complexity index is 1350. The zero-order valence-corrected chi connectivity index (χ0v) is 21.8. The van der Waals surface area contributed by atoms with Crippen LogP contribution < -0.4 is 5.43 Å². The Morgan fingerprint density at radius 2 is 1.81 bits per heavy atom. The SMILES string of the molecule is Cn1c(C(=O)NN2CCCCC2)cc(-c2ccc(Cl)cc2Cl)c1-c1ccc(C#CCCO[N+](=O)[O-])cc1. The summed E-state index contributed by atoms with van der Waals surface area (Å²) < 4.78 is 1.87. The molecule has 0 aliphatic carbocycles. The first-order chi connectivity index (χ1) is 17.8. The van der Waals surface area contributed by atoms with Crippen molar-refractivity contribution in [3.8, 4) is 34.2 Å². The van der Waals surface area contributed by atoms with Gasteiger partial charge in [-0.25, -0.2) is 5.01 Å². The summed E-state index contributed by atoms with van der Waals surface area (Å²) in [7, 11) is 1.86. The molecular formula is C27H26Cl2N4O4. The monoisotopic (exact) mass is 540 g/mol. The number of aromatic nitrogens is 1. The number of rotatable bonds is 7. The van der Waals surface area contributed by atoms with Crippen molar-refractivity contribution in [2.24, 2.45) is 7.05 Å². The molecule has 0 bridgehead atoms. The summed E-state index contributed by atoms with van der Waals surface area (Å²) >= 11 is 12.7. The number of piperidine rings is 1. The van der Waals surface area contributed by atoms with Gasteiger partial charge in [-0.3, -0.25) is 10.2 Å². The lowest BCUT2D eigenvalue weighted by molar-refractivity contribution is -0.757. The Morgan fingerprint density at radius 3 is 2.49 bits per heavy atom. The van der Waals surface area contributed by atoms with Gasteiger partial charge in [0.05, 0.1) is 5.69 Å². The smallest absolute Gasteiger partial charge is 0.294 e. The second kappa shape index (κ2) is 12.2. The summed E-state index contributed by atoms with van der Waals surface area (Å²) in [6.45, 7) is 1.59. The molecule has 0 radical (unpaired) electrons. The Kier molecular flexibility index (Phi) is 8.72. The predicted molar refractivity (Wildman–Crippen MR) is 144 cm³/mol. The molecule has 2 heterocycles. The first-order valence-corrected chi connectivity index (χ1v) is 12.7. The highest BCUT2D eigenvalue weighted by Gasteiger charge is 2.23. The van der Waals surface area contributed by atoms with Crippen LogP contribution in [0.5, 0.6) is 0 Å².